The summed E-state index contributed by atoms with van der Waals surface area (Å²) in [6, 6.07) is 31.0. The van der Waals surface area contributed by atoms with Crippen LogP contribution in [-0.2, 0) is 20.6 Å². The lowest BCUT2D eigenvalue weighted by atomic mass is 10.0. The maximum absolute atomic E-state index is 12.1. The molecule has 1 amide bonds. The van der Waals surface area contributed by atoms with E-state index in [1.165, 1.54) is 10.4 Å². The van der Waals surface area contributed by atoms with Gasteiger partial charge >= 0.3 is 0 Å². The molecular weight excluding hydrogens is 438 g/mol. The van der Waals surface area contributed by atoms with Gasteiger partial charge < -0.3 is 14.5 Å². The molecule has 0 aromatic heterocycles. The van der Waals surface area contributed by atoms with Gasteiger partial charge in [-0.1, -0.05) is 124 Å². The summed E-state index contributed by atoms with van der Waals surface area (Å²) in [6.45, 7) is 7.68. The lowest BCUT2D eigenvalue weighted by Gasteiger charge is -2.43. The molecule has 0 aliphatic carbocycles. The molecule has 0 radical (unpaired) electrons. The highest BCUT2D eigenvalue weighted by atomic mass is 28.4. The molecule has 4 rings (SSSR count). The van der Waals surface area contributed by atoms with Crippen molar-refractivity contribution in [3.8, 4) is 0 Å². The third-order valence-electron chi connectivity index (χ3n) is 6.32. The molecule has 1 aliphatic rings. The van der Waals surface area contributed by atoms with Crippen LogP contribution in [0.5, 0.6) is 0 Å². The van der Waals surface area contributed by atoms with E-state index in [9.17, 15) is 4.79 Å². The highest BCUT2D eigenvalue weighted by Crippen LogP contribution is 2.36. The second-order valence-electron chi connectivity index (χ2n) is 9.65. The van der Waals surface area contributed by atoms with Gasteiger partial charge in [-0.2, -0.15) is 0 Å². The second kappa shape index (κ2) is 10.5. The zero-order chi connectivity index (χ0) is 24.0. The largest absolute Gasteiger partial charge is 0.404 e. The highest BCUT2D eigenvalue weighted by molar-refractivity contribution is 6.99. The van der Waals surface area contributed by atoms with Crippen molar-refractivity contribution in [1.29, 1.82) is 0 Å². The van der Waals surface area contributed by atoms with Gasteiger partial charge in [0.05, 0.1) is 19.3 Å². The first-order valence-corrected chi connectivity index (χ1v) is 13.7. The Morgan fingerprint density at radius 2 is 1.38 bits per heavy atom. The minimum Gasteiger partial charge on any atom is -0.404 e. The van der Waals surface area contributed by atoms with Crippen molar-refractivity contribution in [1.82, 2.24) is 5.32 Å². The Kier molecular flexibility index (Phi) is 7.46. The number of benzene rings is 3. The number of rotatable bonds is 9. The molecule has 0 spiro atoms. The Hall–Kier alpha value is -2.99. The van der Waals surface area contributed by atoms with Crippen LogP contribution < -0.4 is 15.7 Å². The quantitative estimate of drug-likeness (QED) is 0.289. The third-order valence-corrected chi connectivity index (χ3v) is 11.3. The normalized spacial score (nSPS) is 18.5. The maximum Gasteiger partial charge on any atom is 0.261 e. The van der Waals surface area contributed by atoms with Gasteiger partial charge in [0.15, 0.2) is 6.10 Å². The summed E-state index contributed by atoms with van der Waals surface area (Å²) in [5.74, 6) is -0.0708. The van der Waals surface area contributed by atoms with Gasteiger partial charge in [0, 0.05) is 0 Å². The Labute approximate surface area is 203 Å². The Morgan fingerprint density at radius 1 is 0.853 bits per heavy atom. The van der Waals surface area contributed by atoms with Gasteiger partial charge in [0.25, 0.3) is 14.2 Å². The Balaban J connectivity index is 1.48. The molecule has 34 heavy (non-hydrogen) atoms. The van der Waals surface area contributed by atoms with E-state index in [1.54, 1.807) is 0 Å². The van der Waals surface area contributed by atoms with E-state index >= 15 is 0 Å². The lowest BCUT2D eigenvalue weighted by Crippen LogP contribution is -2.66. The molecule has 1 heterocycles. The average molecular weight is 472 g/mol. The first-order chi connectivity index (χ1) is 16.4. The summed E-state index contributed by atoms with van der Waals surface area (Å²) in [6.07, 6.45) is 3.54. The number of nitrogens with one attached hydrogen (secondary N) is 1. The third kappa shape index (κ3) is 5.07. The summed E-state index contributed by atoms with van der Waals surface area (Å²) in [5.41, 5.74) is 1.06. The molecule has 0 bridgehead atoms. The minimum absolute atomic E-state index is 0.0708. The summed E-state index contributed by atoms with van der Waals surface area (Å²) in [7, 11) is -2.57. The molecule has 1 N–H and O–H groups in total. The van der Waals surface area contributed by atoms with E-state index in [4.69, 9.17) is 9.16 Å². The number of amides is 1. The number of ether oxygens (including phenoxy) is 1. The van der Waals surface area contributed by atoms with Crippen LogP contribution in [0.1, 0.15) is 26.3 Å². The van der Waals surface area contributed by atoms with Crippen LogP contribution in [0.2, 0.25) is 5.04 Å². The maximum atomic E-state index is 12.1. The van der Waals surface area contributed by atoms with Crippen molar-refractivity contribution in [2.75, 3.05) is 6.61 Å². The van der Waals surface area contributed by atoms with Crippen molar-refractivity contribution in [2.24, 2.45) is 0 Å². The van der Waals surface area contributed by atoms with E-state index in [-0.39, 0.29) is 17.0 Å². The van der Waals surface area contributed by atoms with Gasteiger partial charge in [-0.05, 0) is 21.0 Å². The van der Waals surface area contributed by atoms with Crippen molar-refractivity contribution >= 4 is 24.6 Å². The van der Waals surface area contributed by atoms with Crippen LogP contribution in [0.4, 0.5) is 0 Å². The van der Waals surface area contributed by atoms with E-state index in [1.807, 2.05) is 54.6 Å². The van der Waals surface area contributed by atoms with E-state index in [2.05, 4.69) is 74.6 Å². The minimum atomic E-state index is -2.57. The predicted molar refractivity (Wildman–Crippen MR) is 140 cm³/mol. The van der Waals surface area contributed by atoms with Gasteiger partial charge in [-0.15, -0.1) is 0 Å². The summed E-state index contributed by atoms with van der Waals surface area (Å²) >= 11 is 0. The van der Waals surface area contributed by atoms with Gasteiger partial charge in [0.2, 0.25) is 0 Å². The van der Waals surface area contributed by atoms with Crippen LogP contribution in [0.3, 0.4) is 0 Å². The fraction of sp³-hybridized carbons (Fsp3) is 0.276. The summed E-state index contributed by atoms with van der Waals surface area (Å²) < 4.78 is 12.8. The van der Waals surface area contributed by atoms with E-state index in [0.717, 1.165) is 5.56 Å². The second-order valence-corrected chi connectivity index (χ2v) is 14.0. The molecule has 5 heteroatoms. The Bertz CT molecular complexity index is 1050. The molecule has 1 aliphatic heterocycles. The number of hydrogen-bond acceptors (Lipinski definition) is 3. The molecule has 0 unspecified atom stereocenters. The van der Waals surface area contributed by atoms with Crippen LogP contribution in [0.25, 0.3) is 0 Å². The molecule has 2 atom stereocenters. The summed E-state index contributed by atoms with van der Waals surface area (Å²) in [4.78, 5) is 12.1. The van der Waals surface area contributed by atoms with Crippen molar-refractivity contribution in [3.63, 3.8) is 0 Å². The first-order valence-electron chi connectivity index (χ1n) is 11.8. The SMILES string of the molecule is CC(C)(C)[Si](OC/C=C\[C@@H]1NC(=O)[C@@H]1OCc1ccccc1)(c1ccccc1)c1ccccc1. The smallest absolute Gasteiger partial charge is 0.261 e. The number of carbonyl (C=O) groups is 1. The average Bonchev–Trinajstić information content (AvgIpc) is 2.84. The predicted octanol–water partition coefficient (Wildman–Crippen LogP) is 4.20. The highest BCUT2D eigenvalue weighted by Gasteiger charge is 2.50. The molecule has 0 saturated carbocycles. The van der Waals surface area contributed by atoms with E-state index < -0.39 is 14.4 Å². The number of β-lactam (4-membered cyclic amide) rings is 1. The van der Waals surface area contributed by atoms with Crippen LogP contribution in [0.15, 0.2) is 103 Å². The molecular formula is C29H33NO3Si. The van der Waals surface area contributed by atoms with Crippen molar-refractivity contribution < 1.29 is 14.0 Å². The van der Waals surface area contributed by atoms with Crippen LogP contribution >= 0.6 is 0 Å². The van der Waals surface area contributed by atoms with Crippen LogP contribution in [0, 0.1) is 0 Å². The topological polar surface area (TPSA) is 47.6 Å². The van der Waals surface area contributed by atoms with Crippen LogP contribution in [-0.4, -0.2) is 33.0 Å². The van der Waals surface area contributed by atoms with Gasteiger partial charge in [-0.25, -0.2) is 0 Å². The molecule has 4 nitrogen and oxygen atoms in total. The van der Waals surface area contributed by atoms with Crippen molar-refractivity contribution in [3.05, 3.63) is 109 Å². The standard InChI is InChI=1S/C29H33NO3Si/c1-29(2,3)34(24-16-9-5-10-17-24,25-18-11-6-12-19-25)33-21-13-20-26-27(28(31)30-26)32-22-23-14-7-4-8-15-23/h4-20,26-27H,21-22H2,1-3H3,(H,30,31)/b20-13-/t26-,27+/m0/s1. The van der Waals surface area contributed by atoms with Gasteiger partial charge in [0.1, 0.15) is 0 Å². The van der Waals surface area contributed by atoms with Gasteiger partial charge in [-0.3, -0.25) is 4.79 Å². The monoisotopic (exact) mass is 471 g/mol. The zero-order valence-electron chi connectivity index (χ0n) is 20.1. The molecule has 1 saturated heterocycles. The fourth-order valence-corrected chi connectivity index (χ4v) is 9.12. The first kappa shape index (κ1) is 24.1. The molecule has 176 valence electrons. The zero-order valence-corrected chi connectivity index (χ0v) is 21.1. The lowest BCUT2D eigenvalue weighted by molar-refractivity contribution is -0.146. The molecule has 3 aromatic carbocycles. The number of carbonyl (C=O) groups excluding carboxylic acids is 1. The van der Waals surface area contributed by atoms with E-state index in [0.29, 0.717) is 13.2 Å². The summed E-state index contributed by atoms with van der Waals surface area (Å²) in [5, 5.41) is 5.36. The van der Waals surface area contributed by atoms with Crippen molar-refractivity contribution in [2.45, 2.75) is 44.6 Å². The number of hydrogen-bond donors (Lipinski definition) is 1. The molecule has 3 aromatic rings. The molecule has 1 fully saturated rings. The fourth-order valence-electron chi connectivity index (χ4n) is 4.61. The Morgan fingerprint density at radius 3 is 1.88 bits per heavy atom.